The van der Waals surface area contributed by atoms with Gasteiger partial charge in [0.05, 0.1) is 5.69 Å². The van der Waals surface area contributed by atoms with Gasteiger partial charge in [0.15, 0.2) is 5.58 Å². The van der Waals surface area contributed by atoms with Gasteiger partial charge in [-0.1, -0.05) is 5.16 Å². The van der Waals surface area contributed by atoms with Crippen LogP contribution in [0.3, 0.4) is 0 Å². The van der Waals surface area contributed by atoms with Crippen molar-refractivity contribution in [1.82, 2.24) is 10.5 Å². The predicted octanol–water partition coefficient (Wildman–Crippen LogP) is 2.27. The van der Waals surface area contributed by atoms with Gasteiger partial charge < -0.3 is 14.6 Å². The van der Waals surface area contributed by atoms with Crippen molar-refractivity contribution in [1.29, 1.82) is 0 Å². The molecule has 0 aliphatic carbocycles. The highest BCUT2D eigenvalue weighted by Crippen LogP contribution is 2.25. The van der Waals surface area contributed by atoms with Crippen molar-refractivity contribution in [2.75, 3.05) is 13.1 Å². The van der Waals surface area contributed by atoms with Crippen LogP contribution in [0, 0.1) is 6.92 Å². The van der Waals surface area contributed by atoms with E-state index in [4.69, 9.17) is 9.26 Å². The Morgan fingerprint density at radius 3 is 3.00 bits per heavy atom. The van der Waals surface area contributed by atoms with E-state index in [2.05, 4.69) is 10.5 Å². The van der Waals surface area contributed by atoms with E-state index in [1.54, 1.807) is 0 Å². The molecule has 4 nitrogen and oxygen atoms in total. The number of nitrogens with zero attached hydrogens (tertiary/aromatic N) is 1. The molecule has 4 heteroatoms. The number of hydrogen-bond donors (Lipinski definition) is 1. The molecule has 1 fully saturated rings. The van der Waals surface area contributed by atoms with Gasteiger partial charge in [-0.05, 0) is 51.1 Å². The molecule has 90 valence electrons. The van der Waals surface area contributed by atoms with Crippen molar-refractivity contribution in [3.8, 4) is 5.75 Å². The number of rotatable bonds is 2. The van der Waals surface area contributed by atoms with Crippen LogP contribution in [0.4, 0.5) is 0 Å². The van der Waals surface area contributed by atoms with Gasteiger partial charge in [-0.15, -0.1) is 0 Å². The van der Waals surface area contributed by atoms with Crippen LogP contribution < -0.4 is 10.1 Å². The van der Waals surface area contributed by atoms with Gasteiger partial charge in [0.1, 0.15) is 11.9 Å². The average molecular weight is 232 g/mol. The molecule has 3 rings (SSSR count). The van der Waals surface area contributed by atoms with E-state index in [9.17, 15) is 0 Å². The van der Waals surface area contributed by atoms with E-state index in [-0.39, 0.29) is 0 Å². The Balaban J connectivity index is 1.82. The Morgan fingerprint density at radius 1 is 1.35 bits per heavy atom. The molecule has 1 N–H and O–H groups in total. The largest absolute Gasteiger partial charge is 0.490 e. The molecule has 0 unspecified atom stereocenters. The fourth-order valence-corrected chi connectivity index (χ4v) is 2.22. The third-order valence-corrected chi connectivity index (χ3v) is 3.21. The Morgan fingerprint density at radius 2 is 2.18 bits per heavy atom. The van der Waals surface area contributed by atoms with Gasteiger partial charge >= 0.3 is 0 Å². The van der Waals surface area contributed by atoms with Gasteiger partial charge in [0.2, 0.25) is 0 Å². The summed E-state index contributed by atoms with van der Waals surface area (Å²) < 4.78 is 11.2. The number of hydrogen-bond acceptors (Lipinski definition) is 4. The van der Waals surface area contributed by atoms with Crippen molar-refractivity contribution >= 4 is 11.0 Å². The summed E-state index contributed by atoms with van der Waals surface area (Å²) in [4.78, 5) is 0. The normalized spacial score (nSPS) is 17.5. The molecule has 0 amide bonds. The van der Waals surface area contributed by atoms with E-state index in [0.717, 1.165) is 48.3 Å². The van der Waals surface area contributed by atoms with Crippen molar-refractivity contribution in [3.05, 3.63) is 23.9 Å². The first-order chi connectivity index (χ1) is 8.33. The van der Waals surface area contributed by atoms with Crippen LogP contribution in [0.15, 0.2) is 22.7 Å². The van der Waals surface area contributed by atoms with Gasteiger partial charge in [0, 0.05) is 5.39 Å². The zero-order valence-corrected chi connectivity index (χ0v) is 9.90. The number of piperidine rings is 1. The molecule has 0 bridgehead atoms. The first-order valence-corrected chi connectivity index (χ1v) is 6.06. The number of aromatic nitrogens is 1. The first kappa shape index (κ1) is 10.6. The van der Waals surface area contributed by atoms with E-state index in [1.165, 1.54) is 0 Å². The highest BCUT2D eigenvalue weighted by molar-refractivity contribution is 5.80. The van der Waals surface area contributed by atoms with Crippen LogP contribution in [-0.2, 0) is 0 Å². The van der Waals surface area contributed by atoms with E-state index < -0.39 is 0 Å². The maximum absolute atomic E-state index is 5.98. The molecular weight excluding hydrogens is 216 g/mol. The summed E-state index contributed by atoms with van der Waals surface area (Å²) in [5, 5.41) is 8.31. The van der Waals surface area contributed by atoms with Gasteiger partial charge in [-0.25, -0.2) is 0 Å². The van der Waals surface area contributed by atoms with Gasteiger partial charge in [0.25, 0.3) is 0 Å². The average Bonchev–Trinajstić information content (AvgIpc) is 2.73. The Kier molecular flexibility index (Phi) is 2.73. The van der Waals surface area contributed by atoms with Crippen LogP contribution in [0.1, 0.15) is 18.5 Å². The monoisotopic (exact) mass is 232 g/mol. The summed E-state index contributed by atoms with van der Waals surface area (Å²) in [7, 11) is 0. The SMILES string of the molecule is Cc1noc2ccc(OC3CCNCC3)cc12. The fraction of sp³-hybridized carbons (Fsp3) is 0.462. The van der Waals surface area contributed by atoms with Crippen molar-refractivity contribution < 1.29 is 9.26 Å². The van der Waals surface area contributed by atoms with Gasteiger partial charge in [-0.2, -0.15) is 0 Å². The molecule has 0 atom stereocenters. The standard InChI is InChI=1S/C13H16N2O2/c1-9-12-8-11(2-3-13(12)17-15-9)16-10-4-6-14-7-5-10/h2-3,8,10,14H,4-7H2,1H3. The van der Waals surface area contributed by atoms with Crippen LogP contribution in [-0.4, -0.2) is 24.4 Å². The van der Waals surface area contributed by atoms with E-state index in [0.29, 0.717) is 6.10 Å². The van der Waals surface area contributed by atoms with Crippen molar-refractivity contribution in [2.45, 2.75) is 25.9 Å². The summed E-state index contributed by atoms with van der Waals surface area (Å²) >= 11 is 0. The maximum Gasteiger partial charge on any atom is 0.167 e. The van der Waals surface area contributed by atoms with E-state index in [1.807, 2.05) is 25.1 Å². The maximum atomic E-state index is 5.98. The quantitative estimate of drug-likeness (QED) is 0.862. The van der Waals surface area contributed by atoms with Crippen LogP contribution in [0.2, 0.25) is 0 Å². The van der Waals surface area contributed by atoms with E-state index >= 15 is 0 Å². The lowest BCUT2D eigenvalue weighted by atomic mass is 10.1. The molecule has 0 radical (unpaired) electrons. The smallest absolute Gasteiger partial charge is 0.167 e. The second-order valence-corrected chi connectivity index (χ2v) is 4.49. The summed E-state index contributed by atoms with van der Waals surface area (Å²) in [6.45, 7) is 4.03. The third-order valence-electron chi connectivity index (χ3n) is 3.21. The number of fused-ring (bicyclic) bond motifs is 1. The minimum atomic E-state index is 0.328. The minimum Gasteiger partial charge on any atom is -0.490 e. The molecule has 1 aromatic heterocycles. The van der Waals surface area contributed by atoms with Crippen LogP contribution >= 0.6 is 0 Å². The van der Waals surface area contributed by atoms with Gasteiger partial charge in [-0.3, -0.25) is 0 Å². The van der Waals surface area contributed by atoms with Crippen molar-refractivity contribution in [2.24, 2.45) is 0 Å². The Bertz CT molecular complexity index is 515. The number of benzene rings is 1. The first-order valence-electron chi connectivity index (χ1n) is 6.06. The summed E-state index contributed by atoms with van der Waals surface area (Å²) in [5.41, 5.74) is 1.73. The fourth-order valence-electron chi connectivity index (χ4n) is 2.22. The molecule has 2 aromatic rings. The van der Waals surface area contributed by atoms with Crippen LogP contribution in [0.5, 0.6) is 5.75 Å². The lowest BCUT2D eigenvalue weighted by Gasteiger charge is -2.23. The van der Waals surface area contributed by atoms with Crippen LogP contribution in [0.25, 0.3) is 11.0 Å². The lowest BCUT2D eigenvalue weighted by molar-refractivity contribution is 0.162. The Hall–Kier alpha value is -1.55. The summed E-state index contributed by atoms with van der Waals surface area (Å²) in [6.07, 6.45) is 2.47. The predicted molar refractivity (Wildman–Crippen MR) is 65.3 cm³/mol. The highest BCUT2D eigenvalue weighted by Gasteiger charge is 2.15. The molecule has 1 saturated heterocycles. The summed E-state index contributed by atoms with van der Waals surface area (Å²) in [5.74, 6) is 0.913. The number of aryl methyl sites for hydroxylation is 1. The molecule has 1 aliphatic heterocycles. The molecule has 1 aromatic carbocycles. The molecule has 17 heavy (non-hydrogen) atoms. The Labute approximate surface area is 99.9 Å². The molecular formula is C13H16N2O2. The summed E-state index contributed by atoms with van der Waals surface area (Å²) in [6, 6.07) is 5.89. The molecule has 2 heterocycles. The van der Waals surface area contributed by atoms with Crippen molar-refractivity contribution in [3.63, 3.8) is 0 Å². The minimum absolute atomic E-state index is 0.328. The number of nitrogens with one attached hydrogen (secondary N) is 1. The second kappa shape index (κ2) is 4.37. The topological polar surface area (TPSA) is 47.3 Å². The number of ether oxygens (including phenoxy) is 1. The third kappa shape index (κ3) is 2.13. The zero-order chi connectivity index (χ0) is 11.7. The highest BCUT2D eigenvalue weighted by atomic mass is 16.5. The second-order valence-electron chi connectivity index (χ2n) is 4.49. The molecule has 1 aliphatic rings. The molecule has 0 saturated carbocycles. The zero-order valence-electron chi connectivity index (χ0n) is 9.90. The lowest BCUT2D eigenvalue weighted by Crippen LogP contribution is -2.34. The molecule has 0 spiro atoms.